The third-order valence-corrected chi connectivity index (χ3v) is 2.60. The number of nitrogens with zero attached hydrogens (tertiary/aromatic N) is 2. The predicted molar refractivity (Wildman–Crippen MR) is 66.6 cm³/mol. The van der Waals surface area contributed by atoms with Gasteiger partial charge in [0.15, 0.2) is 5.82 Å². The van der Waals surface area contributed by atoms with Crippen LogP contribution >= 0.6 is 23.2 Å². The molecule has 1 heterocycles. The summed E-state index contributed by atoms with van der Waals surface area (Å²) >= 11 is 11.6. The molecule has 0 saturated heterocycles. The average molecular weight is 264 g/mol. The molecule has 0 aliphatic heterocycles. The third-order valence-electron chi connectivity index (χ3n) is 2.06. The number of anilines is 1. The van der Waals surface area contributed by atoms with E-state index in [-0.39, 0.29) is 6.04 Å². The zero-order valence-corrected chi connectivity index (χ0v) is 10.8. The first-order valence-corrected chi connectivity index (χ1v) is 5.97. The maximum absolute atomic E-state index is 5.96. The molecular formula is C10H15Cl2N3O. The quantitative estimate of drug-likeness (QED) is 0.802. The lowest BCUT2D eigenvalue weighted by molar-refractivity contribution is 0.380. The first-order chi connectivity index (χ1) is 7.67. The largest absolute Gasteiger partial charge is 0.467 e. The molecule has 0 amide bonds. The minimum Gasteiger partial charge on any atom is -0.467 e. The van der Waals surface area contributed by atoms with Gasteiger partial charge < -0.3 is 10.1 Å². The molecule has 6 heteroatoms. The van der Waals surface area contributed by atoms with Crippen molar-refractivity contribution in [1.29, 1.82) is 0 Å². The third kappa shape index (κ3) is 4.02. The van der Waals surface area contributed by atoms with E-state index in [1.54, 1.807) is 0 Å². The number of hydrogen-bond donors (Lipinski definition) is 1. The van der Waals surface area contributed by atoms with Gasteiger partial charge in [-0.05, 0) is 19.8 Å². The summed E-state index contributed by atoms with van der Waals surface area (Å²) in [6.45, 7) is 2.05. The minimum absolute atomic E-state index is 0.260. The van der Waals surface area contributed by atoms with Gasteiger partial charge in [-0.3, -0.25) is 0 Å². The number of aromatic nitrogens is 2. The van der Waals surface area contributed by atoms with Gasteiger partial charge in [-0.2, -0.15) is 4.98 Å². The smallest absolute Gasteiger partial charge is 0.318 e. The van der Waals surface area contributed by atoms with Gasteiger partial charge in [0.2, 0.25) is 0 Å². The molecule has 0 aliphatic carbocycles. The maximum atomic E-state index is 5.96. The Hall–Kier alpha value is -0.740. The van der Waals surface area contributed by atoms with Crippen LogP contribution in [-0.4, -0.2) is 29.0 Å². The molecule has 1 atom stereocenters. The van der Waals surface area contributed by atoms with Crippen molar-refractivity contribution in [1.82, 2.24) is 9.97 Å². The Labute approximate surface area is 105 Å². The molecule has 1 rings (SSSR count). The highest BCUT2D eigenvalue weighted by Crippen LogP contribution is 2.21. The van der Waals surface area contributed by atoms with Gasteiger partial charge in [-0.25, -0.2) is 4.98 Å². The van der Waals surface area contributed by atoms with Crippen LogP contribution in [0, 0.1) is 0 Å². The number of hydrogen-bond acceptors (Lipinski definition) is 4. The van der Waals surface area contributed by atoms with Crippen molar-refractivity contribution in [2.24, 2.45) is 0 Å². The summed E-state index contributed by atoms with van der Waals surface area (Å²) in [5.41, 5.74) is 0. The standard InChI is InChI=1S/C10H15Cl2N3O/c1-7(4-3-5-11)14-9-8(12)6-13-10(15-9)16-2/h6-7H,3-5H2,1-2H3,(H,13,14,15). The van der Waals surface area contributed by atoms with E-state index in [1.807, 2.05) is 0 Å². The van der Waals surface area contributed by atoms with E-state index in [0.29, 0.717) is 22.7 Å². The molecule has 90 valence electrons. The number of rotatable bonds is 6. The summed E-state index contributed by atoms with van der Waals surface area (Å²) in [4.78, 5) is 8.03. The molecule has 1 unspecified atom stereocenters. The van der Waals surface area contributed by atoms with Crippen molar-refractivity contribution in [2.45, 2.75) is 25.8 Å². The summed E-state index contributed by atoms with van der Waals surface area (Å²) in [7, 11) is 1.52. The second kappa shape index (κ2) is 6.76. The lowest BCUT2D eigenvalue weighted by atomic mass is 10.2. The molecule has 1 aromatic rings. The van der Waals surface area contributed by atoms with Crippen LogP contribution in [0.4, 0.5) is 5.82 Å². The van der Waals surface area contributed by atoms with Crippen molar-refractivity contribution < 1.29 is 4.74 Å². The number of alkyl halides is 1. The van der Waals surface area contributed by atoms with Gasteiger partial charge in [0.05, 0.1) is 13.3 Å². The van der Waals surface area contributed by atoms with Crippen molar-refractivity contribution in [3.8, 4) is 6.01 Å². The van der Waals surface area contributed by atoms with E-state index < -0.39 is 0 Å². The molecule has 0 spiro atoms. The highest BCUT2D eigenvalue weighted by molar-refractivity contribution is 6.32. The van der Waals surface area contributed by atoms with Crippen LogP contribution in [0.1, 0.15) is 19.8 Å². The van der Waals surface area contributed by atoms with Gasteiger partial charge in [0.25, 0.3) is 0 Å². The van der Waals surface area contributed by atoms with Gasteiger partial charge in [0, 0.05) is 11.9 Å². The molecule has 0 radical (unpaired) electrons. The molecule has 0 aliphatic rings. The fraction of sp³-hybridized carbons (Fsp3) is 0.600. The summed E-state index contributed by atoms with van der Waals surface area (Å²) in [5, 5.41) is 3.68. The lowest BCUT2D eigenvalue weighted by Gasteiger charge is -2.14. The van der Waals surface area contributed by atoms with Crippen LogP contribution in [0.2, 0.25) is 5.02 Å². The van der Waals surface area contributed by atoms with E-state index in [0.717, 1.165) is 12.8 Å². The van der Waals surface area contributed by atoms with Gasteiger partial charge in [-0.1, -0.05) is 11.6 Å². The van der Waals surface area contributed by atoms with Crippen LogP contribution in [-0.2, 0) is 0 Å². The topological polar surface area (TPSA) is 47.0 Å². The van der Waals surface area contributed by atoms with Gasteiger partial charge >= 0.3 is 6.01 Å². The lowest BCUT2D eigenvalue weighted by Crippen LogP contribution is -2.16. The first kappa shape index (κ1) is 13.3. The molecular weight excluding hydrogens is 249 g/mol. The van der Waals surface area contributed by atoms with Crippen molar-refractivity contribution >= 4 is 29.0 Å². The zero-order chi connectivity index (χ0) is 12.0. The van der Waals surface area contributed by atoms with E-state index in [1.165, 1.54) is 13.3 Å². The second-order valence-electron chi connectivity index (χ2n) is 3.43. The molecule has 0 bridgehead atoms. The molecule has 0 fully saturated rings. The summed E-state index contributed by atoms with van der Waals surface area (Å²) in [6, 6.07) is 0.562. The fourth-order valence-electron chi connectivity index (χ4n) is 1.24. The Balaban J connectivity index is 2.64. The first-order valence-electron chi connectivity index (χ1n) is 5.06. The minimum atomic E-state index is 0.260. The monoisotopic (exact) mass is 263 g/mol. The number of methoxy groups -OCH3 is 1. The van der Waals surface area contributed by atoms with E-state index >= 15 is 0 Å². The van der Waals surface area contributed by atoms with E-state index in [4.69, 9.17) is 27.9 Å². The Kier molecular flexibility index (Phi) is 5.63. The summed E-state index contributed by atoms with van der Waals surface area (Å²) < 4.78 is 4.93. The predicted octanol–water partition coefficient (Wildman–Crippen LogP) is 2.96. The van der Waals surface area contributed by atoms with Crippen LogP contribution in [0.15, 0.2) is 6.20 Å². The Morgan fingerprint density at radius 2 is 2.31 bits per heavy atom. The van der Waals surface area contributed by atoms with Crippen LogP contribution < -0.4 is 10.1 Å². The van der Waals surface area contributed by atoms with E-state index in [9.17, 15) is 0 Å². The normalized spacial score (nSPS) is 12.2. The molecule has 0 aromatic carbocycles. The highest BCUT2D eigenvalue weighted by Gasteiger charge is 2.08. The molecule has 1 N–H and O–H groups in total. The molecule has 4 nitrogen and oxygen atoms in total. The number of halogens is 2. The van der Waals surface area contributed by atoms with Gasteiger partial charge in [-0.15, -0.1) is 11.6 Å². The number of ether oxygens (including phenoxy) is 1. The van der Waals surface area contributed by atoms with Crippen LogP contribution in [0.25, 0.3) is 0 Å². The Morgan fingerprint density at radius 1 is 1.56 bits per heavy atom. The van der Waals surface area contributed by atoms with Crippen LogP contribution in [0.5, 0.6) is 6.01 Å². The highest BCUT2D eigenvalue weighted by atomic mass is 35.5. The second-order valence-corrected chi connectivity index (χ2v) is 4.22. The Morgan fingerprint density at radius 3 is 2.94 bits per heavy atom. The zero-order valence-electron chi connectivity index (χ0n) is 9.33. The van der Waals surface area contributed by atoms with E-state index in [2.05, 4.69) is 22.2 Å². The van der Waals surface area contributed by atoms with Crippen LogP contribution in [0.3, 0.4) is 0 Å². The van der Waals surface area contributed by atoms with Gasteiger partial charge in [0.1, 0.15) is 5.02 Å². The van der Waals surface area contributed by atoms with Crippen molar-refractivity contribution in [3.05, 3.63) is 11.2 Å². The molecule has 1 aromatic heterocycles. The summed E-state index contributed by atoms with van der Waals surface area (Å²) in [5.74, 6) is 1.25. The maximum Gasteiger partial charge on any atom is 0.318 e. The molecule has 16 heavy (non-hydrogen) atoms. The summed E-state index contributed by atoms with van der Waals surface area (Å²) in [6.07, 6.45) is 3.44. The molecule has 0 saturated carbocycles. The Bertz CT molecular complexity index is 336. The van der Waals surface area contributed by atoms with Crippen molar-refractivity contribution in [3.63, 3.8) is 0 Å². The number of nitrogens with one attached hydrogen (secondary N) is 1. The fourth-order valence-corrected chi connectivity index (χ4v) is 1.54. The van der Waals surface area contributed by atoms with Crippen molar-refractivity contribution in [2.75, 3.05) is 18.3 Å². The SMILES string of the molecule is COc1ncc(Cl)c(NC(C)CCCCl)n1. The average Bonchev–Trinajstić information content (AvgIpc) is 2.29.